The summed E-state index contributed by atoms with van der Waals surface area (Å²) in [5.41, 5.74) is 6.40. The molecule has 2 N–H and O–H groups in total. The normalized spacial score (nSPS) is 32.7. The molecule has 2 unspecified atom stereocenters. The van der Waals surface area contributed by atoms with Crippen LogP contribution in [0, 0.1) is 23.7 Å². The lowest BCUT2D eigenvalue weighted by Crippen LogP contribution is -2.51. The number of hydrogen-bond donors (Lipinski definition) is 1. The molecule has 6 nitrogen and oxygen atoms in total. The number of halogens is 2. The molecule has 0 radical (unpaired) electrons. The van der Waals surface area contributed by atoms with E-state index in [0.717, 1.165) is 65.0 Å². The summed E-state index contributed by atoms with van der Waals surface area (Å²) in [6.45, 7) is 5.34. The highest BCUT2D eigenvalue weighted by molar-refractivity contribution is 5.85. The van der Waals surface area contributed by atoms with Crippen molar-refractivity contribution in [1.82, 2.24) is 14.7 Å². The van der Waals surface area contributed by atoms with Crippen LogP contribution in [-0.4, -0.2) is 78.9 Å². The second kappa shape index (κ2) is 11.3. The molecule has 0 aromatic carbocycles. The Hall–Kier alpha value is -0.560. The lowest BCUT2D eigenvalue weighted by molar-refractivity contribution is -0.140. The fraction of sp³-hybridized carbons (Fsp3) is 0.909. The van der Waals surface area contributed by atoms with Gasteiger partial charge in [0.05, 0.1) is 0 Å². The number of nitrogens with two attached hydrogens (primary N) is 1. The van der Waals surface area contributed by atoms with Crippen LogP contribution >= 0.6 is 24.8 Å². The lowest BCUT2D eigenvalue weighted by Gasteiger charge is -2.45. The van der Waals surface area contributed by atoms with Gasteiger partial charge in [0, 0.05) is 57.6 Å². The van der Waals surface area contributed by atoms with Gasteiger partial charge in [0.1, 0.15) is 0 Å². The van der Waals surface area contributed by atoms with Crippen molar-refractivity contribution in [3.8, 4) is 0 Å². The van der Waals surface area contributed by atoms with E-state index in [0.29, 0.717) is 42.0 Å². The summed E-state index contributed by atoms with van der Waals surface area (Å²) in [6.07, 6.45) is 8.31. The average Bonchev–Trinajstić information content (AvgIpc) is 2.68. The van der Waals surface area contributed by atoms with Crippen molar-refractivity contribution < 1.29 is 9.59 Å². The van der Waals surface area contributed by atoms with E-state index in [-0.39, 0.29) is 30.7 Å². The van der Waals surface area contributed by atoms with Gasteiger partial charge in [0.25, 0.3) is 0 Å². The Bertz CT molecular complexity index is 563. The summed E-state index contributed by atoms with van der Waals surface area (Å²) in [4.78, 5) is 32.1. The molecule has 2 saturated heterocycles. The first-order chi connectivity index (χ1) is 13.5. The van der Waals surface area contributed by atoms with Crippen LogP contribution < -0.4 is 5.73 Å². The Balaban J connectivity index is 0.00000160. The summed E-state index contributed by atoms with van der Waals surface area (Å²) in [5, 5.41) is 0. The van der Waals surface area contributed by atoms with Crippen molar-refractivity contribution in [3.05, 3.63) is 0 Å². The molecule has 4 rings (SSSR count). The third-order valence-corrected chi connectivity index (χ3v) is 8.01. The van der Waals surface area contributed by atoms with E-state index < -0.39 is 0 Å². The number of piperidine rings is 1. The predicted octanol–water partition coefficient (Wildman–Crippen LogP) is 2.39. The molecule has 2 heterocycles. The molecule has 4 fully saturated rings. The Morgan fingerprint density at radius 3 is 1.97 bits per heavy atom. The zero-order valence-electron chi connectivity index (χ0n) is 18.3. The van der Waals surface area contributed by atoms with E-state index in [4.69, 9.17) is 5.73 Å². The SMILES string of the molecule is CN1CCN(C(=O)CC2CCN(C(=O)C3CC4CCCC(C3)C4N)CC2)CC1.Cl.Cl. The van der Waals surface area contributed by atoms with Crippen LogP contribution in [0.15, 0.2) is 0 Å². The predicted molar refractivity (Wildman–Crippen MR) is 124 cm³/mol. The summed E-state index contributed by atoms with van der Waals surface area (Å²) < 4.78 is 0. The minimum atomic E-state index is 0. The van der Waals surface area contributed by atoms with Gasteiger partial charge in [-0.3, -0.25) is 9.59 Å². The summed E-state index contributed by atoms with van der Waals surface area (Å²) >= 11 is 0. The van der Waals surface area contributed by atoms with Gasteiger partial charge in [-0.25, -0.2) is 0 Å². The van der Waals surface area contributed by atoms with Crippen molar-refractivity contribution >= 4 is 36.6 Å². The van der Waals surface area contributed by atoms with E-state index >= 15 is 0 Å². The first-order valence-corrected chi connectivity index (χ1v) is 11.5. The van der Waals surface area contributed by atoms with E-state index in [2.05, 4.69) is 16.8 Å². The molecule has 2 aliphatic heterocycles. The highest BCUT2D eigenvalue weighted by Crippen LogP contribution is 2.42. The largest absolute Gasteiger partial charge is 0.342 e. The van der Waals surface area contributed by atoms with Gasteiger partial charge in [0.2, 0.25) is 11.8 Å². The monoisotopic (exact) mass is 462 g/mol. The number of fused-ring (bicyclic) bond motifs is 2. The number of rotatable bonds is 3. The van der Waals surface area contributed by atoms with Gasteiger partial charge < -0.3 is 20.4 Å². The maximum atomic E-state index is 13.1. The molecule has 0 aromatic heterocycles. The van der Waals surface area contributed by atoms with Crippen molar-refractivity contribution in [2.75, 3.05) is 46.3 Å². The second-order valence-electron chi connectivity index (χ2n) is 9.85. The standard InChI is InChI=1S/C22H38N4O2.2ClH/c1-24-9-11-25(12-10-24)20(27)13-16-5-7-26(8-6-16)22(28)19-14-17-3-2-4-18(15-19)21(17)23;;/h16-19,21H,2-15,23H2,1H3;2*1H. The fourth-order valence-corrected chi connectivity index (χ4v) is 6.04. The lowest BCUT2D eigenvalue weighted by atomic mass is 9.65. The van der Waals surface area contributed by atoms with Crippen LogP contribution in [0.3, 0.4) is 0 Å². The van der Waals surface area contributed by atoms with Crippen LogP contribution in [0.4, 0.5) is 0 Å². The van der Waals surface area contributed by atoms with Gasteiger partial charge >= 0.3 is 0 Å². The number of piperazine rings is 1. The van der Waals surface area contributed by atoms with Crippen LogP contribution in [0.1, 0.15) is 51.4 Å². The Kier molecular flexibility index (Phi) is 9.72. The minimum absolute atomic E-state index is 0. The van der Waals surface area contributed by atoms with E-state index in [1.807, 2.05) is 4.90 Å². The van der Waals surface area contributed by atoms with Crippen molar-refractivity contribution in [1.29, 1.82) is 0 Å². The van der Waals surface area contributed by atoms with Gasteiger partial charge in [0.15, 0.2) is 0 Å². The third kappa shape index (κ3) is 5.81. The molecule has 0 aromatic rings. The fourth-order valence-electron chi connectivity index (χ4n) is 6.04. The van der Waals surface area contributed by atoms with Crippen LogP contribution in [-0.2, 0) is 9.59 Å². The zero-order chi connectivity index (χ0) is 19.7. The first kappa shape index (κ1) is 25.7. The Labute approximate surface area is 194 Å². The molecule has 2 saturated carbocycles. The second-order valence-corrected chi connectivity index (χ2v) is 9.85. The van der Waals surface area contributed by atoms with E-state index in [9.17, 15) is 9.59 Å². The van der Waals surface area contributed by atoms with Gasteiger partial charge in [-0.15, -0.1) is 24.8 Å². The Morgan fingerprint density at radius 1 is 0.833 bits per heavy atom. The molecule has 30 heavy (non-hydrogen) atoms. The number of amides is 2. The molecular weight excluding hydrogens is 423 g/mol. The van der Waals surface area contributed by atoms with Crippen LogP contribution in [0.2, 0.25) is 0 Å². The number of carbonyl (C=O) groups excluding carboxylic acids is 2. The topological polar surface area (TPSA) is 69.9 Å². The Morgan fingerprint density at radius 2 is 1.40 bits per heavy atom. The van der Waals surface area contributed by atoms with Gasteiger partial charge in [-0.05, 0) is 63.3 Å². The molecule has 2 amide bonds. The third-order valence-electron chi connectivity index (χ3n) is 8.01. The van der Waals surface area contributed by atoms with Crippen molar-refractivity contribution in [3.63, 3.8) is 0 Å². The van der Waals surface area contributed by atoms with Crippen LogP contribution in [0.5, 0.6) is 0 Å². The molecule has 2 atom stereocenters. The molecule has 2 aliphatic carbocycles. The first-order valence-electron chi connectivity index (χ1n) is 11.5. The summed E-state index contributed by atoms with van der Waals surface area (Å²) in [5.74, 6) is 2.42. The quantitative estimate of drug-likeness (QED) is 0.698. The summed E-state index contributed by atoms with van der Waals surface area (Å²) in [6, 6.07) is 0.323. The molecule has 0 spiro atoms. The van der Waals surface area contributed by atoms with Gasteiger partial charge in [-0.1, -0.05) is 6.42 Å². The number of hydrogen-bond acceptors (Lipinski definition) is 4. The number of likely N-dealkylation sites (tertiary alicyclic amines) is 1. The maximum absolute atomic E-state index is 13.1. The number of carbonyl (C=O) groups is 2. The van der Waals surface area contributed by atoms with Crippen LogP contribution in [0.25, 0.3) is 0 Å². The molecule has 8 heteroatoms. The molecule has 4 aliphatic rings. The highest BCUT2D eigenvalue weighted by Gasteiger charge is 2.42. The minimum Gasteiger partial charge on any atom is -0.342 e. The number of likely N-dealkylation sites (N-methyl/N-ethyl adjacent to an activating group) is 1. The molecular formula is C22H40Cl2N4O2. The van der Waals surface area contributed by atoms with Crippen molar-refractivity contribution in [2.24, 2.45) is 29.4 Å². The smallest absolute Gasteiger partial charge is 0.225 e. The molecule has 174 valence electrons. The van der Waals surface area contributed by atoms with Gasteiger partial charge in [-0.2, -0.15) is 0 Å². The summed E-state index contributed by atoms with van der Waals surface area (Å²) in [7, 11) is 2.11. The van der Waals surface area contributed by atoms with E-state index in [1.54, 1.807) is 0 Å². The number of nitrogens with zero attached hydrogens (tertiary/aromatic N) is 3. The average molecular weight is 463 g/mol. The van der Waals surface area contributed by atoms with E-state index in [1.165, 1.54) is 19.3 Å². The zero-order valence-corrected chi connectivity index (χ0v) is 20.0. The van der Waals surface area contributed by atoms with Crippen molar-refractivity contribution in [2.45, 2.75) is 57.4 Å². The highest BCUT2D eigenvalue weighted by atomic mass is 35.5. The molecule has 2 bridgehead atoms. The maximum Gasteiger partial charge on any atom is 0.225 e.